The van der Waals surface area contributed by atoms with Crippen molar-refractivity contribution in [1.82, 2.24) is 15.0 Å². The lowest BCUT2D eigenvalue weighted by Gasteiger charge is -2.15. The molecular weight excluding hydrogens is 595 g/mol. The normalized spacial score (nSPS) is 13.2. The minimum atomic E-state index is 0.568. The summed E-state index contributed by atoms with van der Waals surface area (Å²) in [5, 5.41) is 0. The van der Waals surface area contributed by atoms with Gasteiger partial charge in [-0.2, -0.15) is 0 Å². The Hall–Kier alpha value is -6.19. The van der Waals surface area contributed by atoms with Crippen molar-refractivity contribution in [1.29, 1.82) is 0 Å². The summed E-state index contributed by atoms with van der Waals surface area (Å²) in [5.74, 6) is 1.79. The van der Waals surface area contributed by atoms with Crippen LogP contribution in [-0.4, -0.2) is 15.0 Å². The minimum Gasteiger partial charge on any atom is -0.208 e. The van der Waals surface area contributed by atoms with Gasteiger partial charge in [0.25, 0.3) is 0 Å². The highest BCUT2D eigenvalue weighted by Gasteiger charge is 2.18. The van der Waals surface area contributed by atoms with Gasteiger partial charge in [-0.15, -0.1) is 0 Å². The summed E-state index contributed by atoms with van der Waals surface area (Å²) in [7, 11) is 0. The monoisotopic (exact) mass is 631 g/mol. The van der Waals surface area contributed by atoms with E-state index in [1.165, 1.54) is 11.1 Å². The zero-order valence-corrected chi connectivity index (χ0v) is 27.6. The molecule has 0 fully saturated rings. The van der Waals surface area contributed by atoms with Crippen LogP contribution < -0.4 is 0 Å². The Balaban J connectivity index is 1.41. The molecule has 3 heteroatoms. The molecule has 5 aromatic carbocycles. The molecule has 3 nitrogen and oxygen atoms in total. The molecule has 0 radical (unpaired) electrons. The van der Waals surface area contributed by atoms with Gasteiger partial charge in [-0.3, -0.25) is 0 Å². The topological polar surface area (TPSA) is 38.7 Å². The van der Waals surface area contributed by atoms with E-state index < -0.39 is 0 Å². The van der Waals surface area contributed by atoms with Gasteiger partial charge >= 0.3 is 0 Å². The quantitative estimate of drug-likeness (QED) is 0.149. The van der Waals surface area contributed by atoms with E-state index in [0.29, 0.717) is 17.5 Å². The Bertz CT molecular complexity index is 2240. The second kappa shape index (κ2) is 14.7. The Morgan fingerprint density at radius 3 is 1.96 bits per heavy atom. The van der Waals surface area contributed by atoms with Crippen LogP contribution in [0.3, 0.4) is 0 Å². The fraction of sp³-hybridized carbons (Fsp3) is 0.0652. The van der Waals surface area contributed by atoms with E-state index in [0.717, 1.165) is 62.9 Å². The van der Waals surface area contributed by atoms with Gasteiger partial charge in [0.15, 0.2) is 17.5 Å². The fourth-order valence-corrected chi connectivity index (χ4v) is 6.28. The Morgan fingerprint density at radius 1 is 0.571 bits per heavy atom. The summed E-state index contributed by atoms with van der Waals surface area (Å²) in [6.07, 6.45) is 15.0. The van der Waals surface area contributed by atoms with E-state index in [1.54, 1.807) is 0 Å². The maximum absolute atomic E-state index is 5.20. The lowest BCUT2D eigenvalue weighted by Crippen LogP contribution is -2.04. The summed E-state index contributed by atoms with van der Waals surface area (Å²) in [6, 6.07) is 46.2. The van der Waals surface area contributed by atoms with Crippen molar-refractivity contribution in [3.63, 3.8) is 0 Å². The molecule has 1 aromatic heterocycles. The van der Waals surface area contributed by atoms with Crippen molar-refractivity contribution >= 4 is 16.7 Å². The molecule has 1 aliphatic rings. The van der Waals surface area contributed by atoms with Gasteiger partial charge in [-0.1, -0.05) is 164 Å². The average Bonchev–Trinajstić information content (AvgIpc) is 3.19. The van der Waals surface area contributed by atoms with Crippen LogP contribution in [0.2, 0.25) is 0 Å². The molecular formula is C46H37N3. The zero-order valence-electron chi connectivity index (χ0n) is 27.6. The second-order valence-electron chi connectivity index (χ2n) is 11.9. The van der Waals surface area contributed by atoms with E-state index >= 15 is 0 Å². The van der Waals surface area contributed by atoms with Crippen LogP contribution in [-0.2, 0) is 0 Å². The number of hydrogen-bond donors (Lipinski definition) is 0. The highest BCUT2D eigenvalue weighted by atomic mass is 15.0. The first-order chi connectivity index (χ1) is 24.2. The van der Waals surface area contributed by atoms with Crippen molar-refractivity contribution in [2.24, 2.45) is 0 Å². The Morgan fingerprint density at radius 2 is 1.22 bits per heavy atom. The van der Waals surface area contributed by atoms with Crippen molar-refractivity contribution in [2.75, 3.05) is 0 Å². The van der Waals surface area contributed by atoms with Crippen molar-refractivity contribution < 1.29 is 0 Å². The number of allylic oxidation sites excluding steroid dienone is 9. The third-order valence-electron chi connectivity index (χ3n) is 8.69. The number of nitrogens with zero attached hydrogens (tertiary/aromatic N) is 3. The van der Waals surface area contributed by atoms with Crippen LogP contribution in [0.25, 0.3) is 61.7 Å². The summed E-state index contributed by atoms with van der Waals surface area (Å²) < 4.78 is 0. The molecule has 6 aromatic rings. The first-order valence-corrected chi connectivity index (χ1v) is 16.8. The molecule has 0 aliphatic heterocycles. The molecule has 0 amide bonds. The van der Waals surface area contributed by atoms with Crippen molar-refractivity contribution in [3.05, 3.63) is 193 Å². The molecule has 0 unspecified atom stereocenters. The van der Waals surface area contributed by atoms with Crippen molar-refractivity contribution in [3.8, 4) is 45.0 Å². The van der Waals surface area contributed by atoms with Crippen LogP contribution in [0.5, 0.6) is 0 Å². The molecule has 0 saturated carbocycles. The summed E-state index contributed by atoms with van der Waals surface area (Å²) in [5.41, 5.74) is 11.7. The van der Waals surface area contributed by atoms with Gasteiger partial charge in [0, 0.05) is 16.7 Å². The third kappa shape index (κ3) is 6.93. The Labute approximate surface area is 289 Å². The Kier molecular flexibility index (Phi) is 9.43. The summed E-state index contributed by atoms with van der Waals surface area (Å²) in [4.78, 5) is 15.4. The zero-order chi connectivity index (χ0) is 33.4. The molecule has 0 N–H and O–H groups in total. The van der Waals surface area contributed by atoms with E-state index in [1.807, 2.05) is 61.5 Å². The van der Waals surface area contributed by atoms with E-state index in [9.17, 15) is 0 Å². The second-order valence-corrected chi connectivity index (χ2v) is 11.9. The highest BCUT2D eigenvalue weighted by Crippen LogP contribution is 2.36. The highest BCUT2D eigenvalue weighted by molar-refractivity contribution is 5.99. The molecule has 1 aliphatic carbocycles. The molecule has 49 heavy (non-hydrogen) atoms. The maximum Gasteiger partial charge on any atom is 0.164 e. The summed E-state index contributed by atoms with van der Waals surface area (Å²) >= 11 is 0. The molecule has 0 atom stereocenters. The predicted octanol–water partition coefficient (Wildman–Crippen LogP) is 11.9. The van der Waals surface area contributed by atoms with Gasteiger partial charge in [0.1, 0.15) is 0 Å². The standard InChI is InChI=1S/C46H37N3/c1-3-18-41(38-27-16-25-36(31-38)33-19-8-5-9-20-33)40(4-2)45-47-44(35-23-12-7-13-24-35)48-46(49-45)43-30-15-14-29-42(43)39-28-17-26-37(32-39)34-21-10-6-11-22-34/h3-5,7-10,12-32H,2,6,11H2,1H3/b18-3-,41-40-. The lowest BCUT2D eigenvalue weighted by molar-refractivity contribution is 1.04. The first-order valence-electron chi connectivity index (χ1n) is 16.8. The van der Waals surface area contributed by atoms with Crippen LogP contribution in [0.15, 0.2) is 176 Å². The van der Waals surface area contributed by atoms with Gasteiger partial charge in [-0.05, 0) is 76.4 Å². The largest absolute Gasteiger partial charge is 0.208 e. The van der Waals surface area contributed by atoms with E-state index in [2.05, 4.69) is 122 Å². The van der Waals surface area contributed by atoms with E-state index in [-0.39, 0.29) is 0 Å². The van der Waals surface area contributed by atoms with Gasteiger partial charge in [0.2, 0.25) is 0 Å². The maximum atomic E-state index is 5.20. The predicted molar refractivity (Wildman–Crippen MR) is 206 cm³/mol. The summed E-state index contributed by atoms with van der Waals surface area (Å²) in [6.45, 7) is 6.30. The number of rotatable bonds is 9. The first kappa shape index (κ1) is 31.4. The molecule has 0 saturated heterocycles. The van der Waals surface area contributed by atoms with Crippen LogP contribution >= 0.6 is 0 Å². The van der Waals surface area contributed by atoms with Crippen LogP contribution in [0.4, 0.5) is 0 Å². The van der Waals surface area contributed by atoms with Crippen LogP contribution in [0, 0.1) is 0 Å². The van der Waals surface area contributed by atoms with Crippen LogP contribution in [0.1, 0.15) is 36.7 Å². The molecule has 0 bridgehead atoms. The molecule has 236 valence electrons. The fourth-order valence-electron chi connectivity index (χ4n) is 6.28. The molecule has 0 spiro atoms. The number of aromatic nitrogens is 3. The molecule has 7 rings (SSSR count). The smallest absolute Gasteiger partial charge is 0.164 e. The van der Waals surface area contributed by atoms with E-state index in [4.69, 9.17) is 15.0 Å². The minimum absolute atomic E-state index is 0.568. The van der Waals surface area contributed by atoms with Gasteiger partial charge in [-0.25, -0.2) is 15.0 Å². The molecule has 1 heterocycles. The third-order valence-corrected chi connectivity index (χ3v) is 8.69. The average molecular weight is 632 g/mol. The van der Waals surface area contributed by atoms with Gasteiger partial charge in [0.05, 0.1) is 0 Å². The SMILES string of the molecule is C=C/C(=C(\C=C/C)c1cccc(-c2ccccc2)c1)c1nc(-c2ccccc2)nc(-c2ccccc2-c2cccc(C3=CCCC=C3)c2)n1. The van der Waals surface area contributed by atoms with Crippen molar-refractivity contribution in [2.45, 2.75) is 19.8 Å². The lowest BCUT2D eigenvalue weighted by atomic mass is 9.93. The van der Waals surface area contributed by atoms with Gasteiger partial charge < -0.3 is 0 Å². The number of hydrogen-bond acceptors (Lipinski definition) is 3. The number of benzene rings is 5.